The number of nitrogens with one attached hydrogen (secondary N) is 2. The molecule has 3 unspecified atom stereocenters. The van der Waals surface area contributed by atoms with Crippen LogP contribution in [0.5, 0.6) is 0 Å². The van der Waals surface area contributed by atoms with Gasteiger partial charge in [-0.2, -0.15) is 0 Å². The Morgan fingerprint density at radius 2 is 1.81 bits per heavy atom. The summed E-state index contributed by atoms with van der Waals surface area (Å²) in [5.74, 6) is 1.24. The van der Waals surface area contributed by atoms with Crippen molar-refractivity contribution in [1.82, 2.24) is 14.9 Å². The Balaban J connectivity index is 1.71. The third-order valence-electron chi connectivity index (χ3n) is 4.58. The smallest absolute Gasteiger partial charge is 0.240 e. The standard InChI is InChI=1S/C19H31N3O3S/c1-15-11-16(2)13-22(12-15)14-17(3)21-19(23)9-10-20-26(24,25)18-7-5-4-6-8-18/h4-8,15-17,20H,9-14H2,1-3H3,(H,21,23). The van der Waals surface area contributed by atoms with Crippen molar-refractivity contribution in [1.29, 1.82) is 0 Å². The number of carbonyl (C=O) groups is 1. The molecule has 7 heteroatoms. The zero-order valence-electron chi connectivity index (χ0n) is 15.9. The number of piperidine rings is 1. The fourth-order valence-corrected chi connectivity index (χ4v) is 4.76. The molecule has 0 spiro atoms. The van der Waals surface area contributed by atoms with Gasteiger partial charge in [0.05, 0.1) is 4.90 Å². The summed E-state index contributed by atoms with van der Waals surface area (Å²) in [4.78, 5) is 14.7. The lowest BCUT2D eigenvalue weighted by Crippen LogP contribution is -2.47. The maximum absolute atomic E-state index is 12.1. The van der Waals surface area contributed by atoms with E-state index < -0.39 is 10.0 Å². The van der Waals surface area contributed by atoms with Crippen LogP contribution in [0.2, 0.25) is 0 Å². The van der Waals surface area contributed by atoms with E-state index in [2.05, 4.69) is 28.8 Å². The van der Waals surface area contributed by atoms with Crippen LogP contribution >= 0.6 is 0 Å². The molecule has 0 radical (unpaired) electrons. The summed E-state index contributed by atoms with van der Waals surface area (Å²) in [6.07, 6.45) is 1.39. The van der Waals surface area contributed by atoms with Crippen LogP contribution in [-0.4, -0.2) is 51.4 Å². The van der Waals surface area contributed by atoms with E-state index in [1.165, 1.54) is 18.6 Å². The van der Waals surface area contributed by atoms with Crippen LogP contribution in [0.25, 0.3) is 0 Å². The minimum atomic E-state index is -3.56. The monoisotopic (exact) mass is 381 g/mol. The van der Waals surface area contributed by atoms with Gasteiger partial charge in [-0.15, -0.1) is 0 Å². The lowest BCUT2D eigenvalue weighted by atomic mass is 9.92. The molecule has 26 heavy (non-hydrogen) atoms. The summed E-state index contributed by atoms with van der Waals surface area (Å²) in [6, 6.07) is 8.22. The van der Waals surface area contributed by atoms with Crippen molar-refractivity contribution in [3.8, 4) is 0 Å². The van der Waals surface area contributed by atoms with Crippen molar-refractivity contribution in [2.24, 2.45) is 11.8 Å². The Hall–Kier alpha value is -1.44. The molecule has 3 atom stereocenters. The Bertz CT molecular complexity index is 669. The van der Waals surface area contributed by atoms with E-state index in [-0.39, 0.29) is 29.8 Å². The topological polar surface area (TPSA) is 78.5 Å². The van der Waals surface area contributed by atoms with E-state index in [1.54, 1.807) is 18.2 Å². The van der Waals surface area contributed by atoms with Crippen LogP contribution in [0.3, 0.4) is 0 Å². The van der Waals surface area contributed by atoms with Crippen LogP contribution < -0.4 is 10.0 Å². The largest absolute Gasteiger partial charge is 0.352 e. The second-order valence-electron chi connectivity index (χ2n) is 7.59. The molecular formula is C19H31N3O3S. The Morgan fingerprint density at radius 3 is 2.42 bits per heavy atom. The molecule has 0 saturated carbocycles. The van der Waals surface area contributed by atoms with Gasteiger partial charge in [0.2, 0.25) is 15.9 Å². The number of hydrogen-bond acceptors (Lipinski definition) is 4. The van der Waals surface area contributed by atoms with E-state index >= 15 is 0 Å². The van der Waals surface area contributed by atoms with Gasteiger partial charge in [-0.3, -0.25) is 4.79 Å². The average molecular weight is 382 g/mol. The molecule has 1 saturated heterocycles. The quantitative estimate of drug-likeness (QED) is 0.720. The third kappa shape index (κ3) is 6.70. The molecule has 0 bridgehead atoms. The summed E-state index contributed by atoms with van der Waals surface area (Å²) >= 11 is 0. The minimum absolute atomic E-state index is 0.0470. The lowest BCUT2D eigenvalue weighted by Gasteiger charge is -2.36. The molecule has 1 heterocycles. The highest BCUT2D eigenvalue weighted by Gasteiger charge is 2.23. The van der Waals surface area contributed by atoms with Crippen molar-refractivity contribution >= 4 is 15.9 Å². The molecule has 146 valence electrons. The van der Waals surface area contributed by atoms with Crippen molar-refractivity contribution < 1.29 is 13.2 Å². The van der Waals surface area contributed by atoms with Crippen LogP contribution in [0.15, 0.2) is 35.2 Å². The fourth-order valence-electron chi connectivity index (χ4n) is 3.70. The highest BCUT2D eigenvalue weighted by molar-refractivity contribution is 7.89. The van der Waals surface area contributed by atoms with Gasteiger partial charge in [0.25, 0.3) is 0 Å². The summed E-state index contributed by atoms with van der Waals surface area (Å²) < 4.78 is 26.7. The minimum Gasteiger partial charge on any atom is -0.352 e. The molecule has 2 rings (SSSR count). The predicted octanol–water partition coefficient (Wildman–Crippen LogP) is 1.84. The zero-order valence-corrected chi connectivity index (χ0v) is 16.8. The van der Waals surface area contributed by atoms with Gasteiger partial charge in [-0.25, -0.2) is 13.1 Å². The maximum atomic E-state index is 12.1. The second kappa shape index (κ2) is 9.48. The molecule has 1 fully saturated rings. The Labute approximate surface area is 157 Å². The number of sulfonamides is 1. The van der Waals surface area contributed by atoms with Crippen LogP contribution in [0, 0.1) is 11.8 Å². The molecule has 6 nitrogen and oxygen atoms in total. The number of amides is 1. The van der Waals surface area contributed by atoms with Gasteiger partial charge < -0.3 is 10.2 Å². The molecule has 1 aromatic carbocycles. The normalized spacial score (nSPS) is 22.7. The molecule has 1 amide bonds. The molecule has 1 aliphatic rings. The average Bonchev–Trinajstić information content (AvgIpc) is 2.54. The van der Waals surface area contributed by atoms with E-state index in [9.17, 15) is 13.2 Å². The van der Waals surface area contributed by atoms with E-state index in [4.69, 9.17) is 0 Å². The van der Waals surface area contributed by atoms with Crippen molar-refractivity contribution in [3.05, 3.63) is 30.3 Å². The van der Waals surface area contributed by atoms with Gasteiger partial charge in [0, 0.05) is 38.6 Å². The van der Waals surface area contributed by atoms with Gasteiger partial charge in [0.1, 0.15) is 0 Å². The van der Waals surface area contributed by atoms with Crippen molar-refractivity contribution in [2.75, 3.05) is 26.2 Å². The first-order valence-electron chi connectivity index (χ1n) is 9.32. The maximum Gasteiger partial charge on any atom is 0.240 e. The van der Waals surface area contributed by atoms with Crippen LogP contribution in [0.4, 0.5) is 0 Å². The van der Waals surface area contributed by atoms with E-state index in [1.807, 2.05) is 6.92 Å². The first-order valence-corrected chi connectivity index (χ1v) is 10.8. The summed E-state index contributed by atoms with van der Waals surface area (Å²) in [7, 11) is -3.56. The Morgan fingerprint density at radius 1 is 1.19 bits per heavy atom. The van der Waals surface area contributed by atoms with Crippen molar-refractivity contribution in [2.45, 2.75) is 44.6 Å². The first kappa shape index (κ1) is 20.9. The van der Waals surface area contributed by atoms with Crippen LogP contribution in [0.1, 0.15) is 33.6 Å². The zero-order chi connectivity index (χ0) is 19.2. The predicted molar refractivity (Wildman–Crippen MR) is 103 cm³/mol. The number of rotatable bonds is 8. The first-order chi connectivity index (χ1) is 12.3. The molecular weight excluding hydrogens is 350 g/mol. The second-order valence-corrected chi connectivity index (χ2v) is 9.36. The van der Waals surface area contributed by atoms with Crippen LogP contribution in [-0.2, 0) is 14.8 Å². The third-order valence-corrected chi connectivity index (χ3v) is 6.06. The number of benzene rings is 1. The molecule has 0 aliphatic carbocycles. The molecule has 2 N–H and O–H groups in total. The molecule has 1 aromatic rings. The van der Waals surface area contributed by atoms with Gasteiger partial charge in [0.15, 0.2) is 0 Å². The summed E-state index contributed by atoms with van der Waals surface area (Å²) in [5, 5.41) is 2.97. The highest BCUT2D eigenvalue weighted by Crippen LogP contribution is 2.20. The number of hydrogen-bond donors (Lipinski definition) is 2. The highest BCUT2D eigenvalue weighted by atomic mass is 32.2. The number of likely N-dealkylation sites (tertiary alicyclic amines) is 1. The Kier molecular flexibility index (Phi) is 7.61. The SMILES string of the molecule is CC1CC(C)CN(CC(C)NC(=O)CCNS(=O)(=O)c2ccccc2)C1. The number of nitrogens with zero attached hydrogens (tertiary/aromatic N) is 1. The van der Waals surface area contributed by atoms with E-state index in [0.29, 0.717) is 11.8 Å². The molecule has 1 aliphatic heterocycles. The summed E-state index contributed by atoms with van der Waals surface area (Å²) in [5.41, 5.74) is 0. The molecule has 0 aromatic heterocycles. The van der Waals surface area contributed by atoms with Gasteiger partial charge in [-0.1, -0.05) is 32.0 Å². The van der Waals surface area contributed by atoms with Crippen molar-refractivity contribution in [3.63, 3.8) is 0 Å². The fraction of sp³-hybridized carbons (Fsp3) is 0.632. The van der Waals surface area contributed by atoms with Gasteiger partial charge >= 0.3 is 0 Å². The van der Waals surface area contributed by atoms with Gasteiger partial charge in [-0.05, 0) is 37.3 Å². The summed E-state index contributed by atoms with van der Waals surface area (Å²) in [6.45, 7) is 9.60. The van der Waals surface area contributed by atoms with E-state index in [0.717, 1.165) is 19.6 Å². The lowest BCUT2D eigenvalue weighted by molar-refractivity contribution is -0.121. The number of carbonyl (C=O) groups excluding carboxylic acids is 1.